The molecule has 0 radical (unpaired) electrons. The molecule has 0 unspecified atom stereocenters. The lowest BCUT2D eigenvalue weighted by atomic mass is 10.1. The highest BCUT2D eigenvalue weighted by Gasteiger charge is 2.18. The third-order valence-corrected chi connectivity index (χ3v) is 5.29. The molecule has 0 spiro atoms. The van der Waals surface area contributed by atoms with Crippen LogP contribution in [-0.4, -0.2) is 52.6 Å². The molecule has 1 aliphatic heterocycles. The van der Waals surface area contributed by atoms with Crippen molar-refractivity contribution in [3.05, 3.63) is 63.7 Å². The fraction of sp³-hybridized carbons (Fsp3) is 0.318. The molecule has 8 heteroatoms. The van der Waals surface area contributed by atoms with Crippen LogP contribution in [0.25, 0.3) is 10.9 Å². The predicted molar refractivity (Wildman–Crippen MR) is 114 cm³/mol. The number of pyridine rings is 1. The number of ether oxygens (including phenoxy) is 1. The topological polar surface area (TPSA) is 96.4 Å². The Morgan fingerprint density at radius 2 is 1.90 bits per heavy atom. The summed E-state index contributed by atoms with van der Waals surface area (Å²) in [6, 6.07) is 9.14. The summed E-state index contributed by atoms with van der Waals surface area (Å²) in [5.74, 6) is -0.391. The van der Waals surface area contributed by atoms with Crippen LogP contribution in [0, 0.1) is 13.8 Å². The van der Waals surface area contributed by atoms with Crippen molar-refractivity contribution in [3.8, 4) is 0 Å². The zero-order chi connectivity index (χ0) is 21.3. The number of rotatable bonds is 4. The molecule has 1 saturated heterocycles. The number of nitrogens with zero attached hydrogens (tertiary/aromatic N) is 2. The zero-order valence-corrected chi connectivity index (χ0v) is 17.0. The molecule has 1 aliphatic rings. The van der Waals surface area contributed by atoms with Crippen molar-refractivity contribution < 1.29 is 14.3 Å². The Kier molecular flexibility index (Phi) is 5.41. The van der Waals surface area contributed by atoms with Crippen LogP contribution in [-0.2, 0) is 16.1 Å². The fourth-order valence-electron chi connectivity index (χ4n) is 3.80. The first-order valence-corrected chi connectivity index (χ1v) is 9.88. The van der Waals surface area contributed by atoms with Crippen LogP contribution in [0.5, 0.6) is 0 Å². The standard InChI is InChI=1S/C22H24N4O4/c1-14-11-15(2)23-21(28)20(14)22(29)24-17-3-4-18-16(12-17)5-6-26(18)13-19(27)25-7-9-30-10-8-25/h3-6,11-12H,7-10,13H2,1-2H3,(H,23,28)(H,24,29). The average molecular weight is 408 g/mol. The van der Waals surface area contributed by atoms with E-state index in [1.54, 1.807) is 26.0 Å². The molecular formula is C22H24N4O4. The van der Waals surface area contributed by atoms with E-state index in [0.29, 0.717) is 43.2 Å². The molecule has 4 rings (SSSR count). The van der Waals surface area contributed by atoms with Gasteiger partial charge < -0.3 is 24.5 Å². The average Bonchev–Trinajstić information content (AvgIpc) is 3.09. The first-order chi connectivity index (χ1) is 14.4. The first kappa shape index (κ1) is 19.9. The van der Waals surface area contributed by atoms with Gasteiger partial charge in [0.05, 0.1) is 13.2 Å². The van der Waals surface area contributed by atoms with Crippen molar-refractivity contribution >= 4 is 28.4 Å². The molecule has 0 bridgehead atoms. The molecule has 0 saturated carbocycles. The summed E-state index contributed by atoms with van der Waals surface area (Å²) in [7, 11) is 0. The lowest BCUT2D eigenvalue weighted by Crippen LogP contribution is -2.42. The third kappa shape index (κ3) is 3.99. The van der Waals surface area contributed by atoms with Crippen LogP contribution in [0.3, 0.4) is 0 Å². The van der Waals surface area contributed by atoms with Crippen LogP contribution in [0.4, 0.5) is 5.69 Å². The number of aromatic nitrogens is 2. The van der Waals surface area contributed by atoms with E-state index in [-0.39, 0.29) is 18.0 Å². The van der Waals surface area contributed by atoms with Crippen LogP contribution in [0.1, 0.15) is 21.6 Å². The Morgan fingerprint density at radius 3 is 2.63 bits per heavy atom. The summed E-state index contributed by atoms with van der Waals surface area (Å²) in [5.41, 5.74) is 2.53. The maximum atomic E-state index is 12.6. The van der Waals surface area contributed by atoms with Crippen molar-refractivity contribution in [1.82, 2.24) is 14.5 Å². The third-order valence-electron chi connectivity index (χ3n) is 5.29. The summed E-state index contributed by atoms with van der Waals surface area (Å²) < 4.78 is 7.19. The van der Waals surface area contributed by atoms with E-state index >= 15 is 0 Å². The smallest absolute Gasteiger partial charge is 0.261 e. The Balaban J connectivity index is 1.51. The number of nitrogens with one attached hydrogen (secondary N) is 2. The van der Waals surface area contributed by atoms with Crippen LogP contribution >= 0.6 is 0 Å². The van der Waals surface area contributed by atoms with Gasteiger partial charge in [0.25, 0.3) is 11.5 Å². The van der Waals surface area contributed by atoms with Crippen molar-refractivity contribution in [1.29, 1.82) is 0 Å². The number of fused-ring (bicyclic) bond motifs is 1. The molecule has 2 aromatic heterocycles. The minimum absolute atomic E-state index is 0.0576. The van der Waals surface area contributed by atoms with Crippen molar-refractivity contribution in [2.24, 2.45) is 0 Å². The highest BCUT2D eigenvalue weighted by Crippen LogP contribution is 2.21. The number of H-pyrrole nitrogens is 1. The van der Waals surface area contributed by atoms with Gasteiger partial charge in [0.2, 0.25) is 5.91 Å². The largest absolute Gasteiger partial charge is 0.378 e. The predicted octanol–water partition coefficient (Wildman–Crippen LogP) is 2.06. The summed E-state index contributed by atoms with van der Waals surface area (Å²) >= 11 is 0. The fourth-order valence-corrected chi connectivity index (χ4v) is 3.80. The van der Waals surface area contributed by atoms with Gasteiger partial charge in [-0.25, -0.2) is 0 Å². The summed E-state index contributed by atoms with van der Waals surface area (Å²) in [6.45, 7) is 6.16. The first-order valence-electron chi connectivity index (χ1n) is 9.88. The number of hydrogen-bond acceptors (Lipinski definition) is 4. The number of hydrogen-bond donors (Lipinski definition) is 2. The minimum atomic E-state index is -0.449. The molecule has 0 atom stereocenters. The Hall–Kier alpha value is -3.39. The number of aromatic amines is 1. The number of morpholine rings is 1. The van der Waals surface area contributed by atoms with Gasteiger partial charge in [-0.15, -0.1) is 0 Å². The normalized spacial score (nSPS) is 14.1. The number of carbonyl (C=O) groups excluding carboxylic acids is 2. The number of amides is 2. The molecular weight excluding hydrogens is 384 g/mol. The van der Waals surface area contributed by atoms with Crippen LogP contribution < -0.4 is 10.9 Å². The van der Waals surface area contributed by atoms with Gasteiger partial charge in [-0.3, -0.25) is 14.4 Å². The zero-order valence-electron chi connectivity index (χ0n) is 17.0. The quantitative estimate of drug-likeness (QED) is 0.691. The highest BCUT2D eigenvalue weighted by molar-refractivity contribution is 6.05. The lowest BCUT2D eigenvalue weighted by molar-refractivity contribution is -0.135. The van der Waals surface area contributed by atoms with E-state index in [9.17, 15) is 14.4 Å². The second kappa shape index (κ2) is 8.16. The van der Waals surface area contributed by atoms with Gasteiger partial charge in [-0.1, -0.05) is 0 Å². The second-order valence-electron chi connectivity index (χ2n) is 7.50. The summed E-state index contributed by atoms with van der Waals surface area (Å²) in [5, 5.41) is 3.70. The van der Waals surface area contributed by atoms with Crippen molar-refractivity contribution in [2.45, 2.75) is 20.4 Å². The molecule has 1 aromatic carbocycles. The molecule has 30 heavy (non-hydrogen) atoms. The van der Waals surface area contributed by atoms with Crippen LogP contribution in [0.15, 0.2) is 41.3 Å². The maximum absolute atomic E-state index is 12.6. The van der Waals surface area contributed by atoms with E-state index in [4.69, 9.17) is 4.74 Å². The molecule has 156 valence electrons. The molecule has 8 nitrogen and oxygen atoms in total. The number of aryl methyl sites for hydroxylation is 2. The van der Waals surface area contributed by atoms with Gasteiger partial charge >= 0.3 is 0 Å². The molecule has 2 N–H and O–H groups in total. The minimum Gasteiger partial charge on any atom is -0.378 e. The van der Waals surface area contributed by atoms with Crippen molar-refractivity contribution in [2.75, 3.05) is 31.6 Å². The van der Waals surface area contributed by atoms with Crippen LogP contribution in [0.2, 0.25) is 0 Å². The summed E-state index contributed by atoms with van der Waals surface area (Å²) in [6.07, 6.45) is 1.86. The number of carbonyl (C=O) groups is 2. The molecule has 3 heterocycles. The SMILES string of the molecule is Cc1cc(C)c(C(=O)Nc2ccc3c(ccn3CC(=O)N3CCOCC3)c2)c(=O)[nH]1. The Labute approximate surface area is 173 Å². The molecule has 0 aliphatic carbocycles. The van der Waals surface area contributed by atoms with E-state index in [1.165, 1.54) is 0 Å². The Morgan fingerprint density at radius 1 is 1.13 bits per heavy atom. The van der Waals surface area contributed by atoms with E-state index in [0.717, 1.165) is 10.9 Å². The maximum Gasteiger partial charge on any atom is 0.261 e. The van der Waals surface area contributed by atoms with Crippen molar-refractivity contribution in [3.63, 3.8) is 0 Å². The van der Waals surface area contributed by atoms with Gasteiger partial charge in [-0.05, 0) is 49.7 Å². The van der Waals surface area contributed by atoms with Gasteiger partial charge in [0.15, 0.2) is 0 Å². The monoisotopic (exact) mass is 408 g/mol. The Bertz CT molecular complexity index is 1170. The van der Waals surface area contributed by atoms with E-state index < -0.39 is 11.5 Å². The van der Waals surface area contributed by atoms with E-state index in [2.05, 4.69) is 10.3 Å². The number of benzene rings is 1. The summed E-state index contributed by atoms with van der Waals surface area (Å²) in [4.78, 5) is 41.8. The van der Waals surface area contributed by atoms with Gasteiger partial charge in [0.1, 0.15) is 12.1 Å². The second-order valence-corrected chi connectivity index (χ2v) is 7.50. The van der Waals surface area contributed by atoms with Gasteiger partial charge in [0, 0.05) is 41.6 Å². The van der Waals surface area contributed by atoms with E-state index in [1.807, 2.05) is 33.9 Å². The highest BCUT2D eigenvalue weighted by atomic mass is 16.5. The van der Waals surface area contributed by atoms with Gasteiger partial charge in [-0.2, -0.15) is 0 Å². The molecule has 3 aromatic rings. The molecule has 1 fully saturated rings. The lowest BCUT2D eigenvalue weighted by Gasteiger charge is -2.27. The molecule has 2 amide bonds. The number of anilines is 1.